The lowest BCUT2D eigenvalue weighted by Crippen LogP contribution is -2.47. The molecule has 4 rings (SSSR count). The quantitative estimate of drug-likeness (QED) is 0.854. The van der Waals surface area contributed by atoms with Crippen LogP contribution in [0.3, 0.4) is 0 Å². The number of hydrogen-bond acceptors (Lipinski definition) is 5. The van der Waals surface area contributed by atoms with Crippen LogP contribution in [0, 0.1) is 0 Å². The average molecular weight is 343 g/mol. The number of carbonyl (C=O) groups excluding carboxylic acids is 1. The van der Waals surface area contributed by atoms with E-state index < -0.39 is 5.79 Å². The van der Waals surface area contributed by atoms with Crippen molar-refractivity contribution in [2.75, 3.05) is 26.3 Å². The summed E-state index contributed by atoms with van der Waals surface area (Å²) in [6.45, 7) is 2.78. The Kier molecular flexibility index (Phi) is 4.46. The molecule has 0 unspecified atom stereocenters. The van der Waals surface area contributed by atoms with Gasteiger partial charge in [-0.3, -0.25) is 4.79 Å². The fraction of sp³-hybridized carbons (Fsp3) is 0.421. The van der Waals surface area contributed by atoms with Crippen LogP contribution < -0.4 is 4.74 Å². The third-order valence-corrected chi connectivity index (χ3v) is 4.62. The highest BCUT2D eigenvalue weighted by Gasteiger charge is 2.41. The Labute approximate surface area is 146 Å². The number of furan rings is 1. The van der Waals surface area contributed by atoms with E-state index in [1.165, 1.54) is 0 Å². The SMILES string of the molecule is O=C(c1ccc(COc2ccccc2)o1)N1CCC2(CC1)OCCO2. The van der Waals surface area contributed by atoms with Crippen molar-refractivity contribution in [2.24, 2.45) is 0 Å². The fourth-order valence-corrected chi connectivity index (χ4v) is 3.23. The molecule has 0 bridgehead atoms. The molecule has 6 heteroatoms. The number of benzene rings is 1. The zero-order valence-electron chi connectivity index (χ0n) is 14.0. The maximum absolute atomic E-state index is 12.6. The predicted octanol–water partition coefficient (Wildman–Crippen LogP) is 2.84. The van der Waals surface area contributed by atoms with Crippen LogP contribution in [0.1, 0.15) is 29.2 Å². The monoisotopic (exact) mass is 343 g/mol. The maximum atomic E-state index is 12.6. The Morgan fingerprint density at radius 1 is 1.04 bits per heavy atom. The molecule has 25 heavy (non-hydrogen) atoms. The van der Waals surface area contributed by atoms with E-state index in [0.717, 1.165) is 5.75 Å². The molecule has 2 aliphatic heterocycles. The zero-order chi connectivity index (χ0) is 17.1. The van der Waals surface area contributed by atoms with Crippen LogP contribution >= 0.6 is 0 Å². The van der Waals surface area contributed by atoms with Crippen molar-refractivity contribution in [2.45, 2.75) is 25.2 Å². The van der Waals surface area contributed by atoms with Gasteiger partial charge in [0.25, 0.3) is 5.91 Å². The molecule has 3 heterocycles. The lowest BCUT2D eigenvalue weighted by atomic mass is 10.0. The minimum absolute atomic E-state index is 0.0983. The second-order valence-corrected chi connectivity index (χ2v) is 6.27. The highest BCUT2D eigenvalue weighted by Crippen LogP contribution is 2.31. The highest BCUT2D eigenvalue weighted by atomic mass is 16.7. The molecular weight excluding hydrogens is 322 g/mol. The standard InChI is InChI=1S/C19H21NO5/c21-18(20-10-8-19(9-11-20)23-12-13-24-19)17-7-6-16(25-17)14-22-15-4-2-1-3-5-15/h1-7H,8-14H2. The number of likely N-dealkylation sites (tertiary alicyclic amines) is 1. The van der Waals surface area contributed by atoms with E-state index in [1.54, 1.807) is 17.0 Å². The lowest BCUT2D eigenvalue weighted by Gasteiger charge is -2.37. The Morgan fingerprint density at radius 2 is 1.76 bits per heavy atom. The highest BCUT2D eigenvalue weighted by molar-refractivity contribution is 5.91. The summed E-state index contributed by atoms with van der Waals surface area (Å²) in [5.74, 6) is 1.16. The van der Waals surface area contributed by atoms with E-state index in [1.807, 2.05) is 30.3 Å². The van der Waals surface area contributed by atoms with Crippen LogP contribution in [0.5, 0.6) is 5.75 Å². The Bertz CT molecular complexity index is 710. The largest absolute Gasteiger partial charge is 0.486 e. The van der Waals surface area contributed by atoms with Crippen molar-refractivity contribution in [1.82, 2.24) is 4.90 Å². The van der Waals surface area contributed by atoms with E-state index in [0.29, 0.717) is 57.3 Å². The summed E-state index contributed by atoms with van der Waals surface area (Å²) in [6.07, 6.45) is 1.40. The van der Waals surface area contributed by atoms with Crippen molar-refractivity contribution < 1.29 is 23.4 Å². The summed E-state index contributed by atoms with van der Waals surface area (Å²) in [7, 11) is 0. The van der Waals surface area contributed by atoms with Gasteiger partial charge in [-0.25, -0.2) is 0 Å². The molecular formula is C19H21NO5. The number of piperidine rings is 1. The first-order valence-corrected chi connectivity index (χ1v) is 8.58. The third-order valence-electron chi connectivity index (χ3n) is 4.62. The molecule has 1 spiro atoms. The van der Waals surface area contributed by atoms with Crippen LogP contribution in [-0.4, -0.2) is 42.9 Å². The van der Waals surface area contributed by atoms with Crippen molar-refractivity contribution in [3.05, 3.63) is 54.0 Å². The molecule has 132 valence electrons. The number of amides is 1. The van der Waals surface area contributed by atoms with E-state index >= 15 is 0 Å². The maximum Gasteiger partial charge on any atom is 0.289 e. The van der Waals surface area contributed by atoms with Crippen LogP contribution in [0.25, 0.3) is 0 Å². The van der Waals surface area contributed by atoms with Gasteiger partial charge in [-0.2, -0.15) is 0 Å². The van der Waals surface area contributed by atoms with Gasteiger partial charge in [0.2, 0.25) is 0 Å². The lowest BCUT2D eigenvalue weighted by molar-refractivity contribution is -0.181. The molecule has 6 nitrogen and oxygen atoms in total. The van der Waals surface area contributed by atoms with E-state index in [2.05, 4.69) is 0 Å². The number of carbonyl (C=O) groups is 1. The summed E-state index contributed by atoms with van der Waals surface area (Å²) in [6, 6.07) is 13.0. The second-order valence-electron chi connectivity index (χ2n) is 6.27. The molecule has 1 amide bonds. The number of para-hydroxylation sites is 1. The number of ether oxygens (including phenoxy) is 3. The van der Waals surface area contributed by atoms with E-state index in [-0.39, 0.29) is 5.91 Å². The van der Waals surface area contributed by atoms with Gasteiger partial charge in [-0.05, 0) is 24.3 Å². The van der Waals surface area contributed by atoms with Gasteiger partial charge in [0.1, 0.15) is 18.1 Å². The van der Waals surface area contributed by atoms with Crippen molar-refractivity contribution in [3.63, 3.8) is 0 Å². The predicted molar refractivity (Wildman–Crippen MR) is 89.3 cm³/mol. The molecule has 1 aromatic heterocycles. The number of rotatable bonds is 4. The van der Waals surface area contributed by atoms with Gasteiger partial charge < -0.3 is 23.5 Å². The van der Waals surface area contributed by atoms with Crippen molar-refractivity contribution in [1.29, 1.82) is 0 Å². The zero-order valence-corrected chi connectivity index (χ0v) is 14.0. The van der Waals surface area contributed by atoms with Crippen LogP contribution in [0.2, 0.25) is 0 Å². The summed E-state index contributed by atoms with van der Waals surface area (Å²) in [5, 5.41) is 0. The molecule has 0 aliphatic carbocycles. The second kappa shape index (κ2) is 6.90. The number of nitrogens with zero attached hydrogens (tertiary/aromatic N) is 1. The normalized spacial score (nSPS) is 19.3. The van der Waals surface area contributed by atoms with Gasteiger partial charge in [0.15, 0.2) is 11.5 Å². The first kappa shape index (κ1) is 16.2. The molecule has 2 aromatic rings. The first-order valence-electron chi connectivity index (χ1n) is 8.58. The van der Waals surface area contributed by atoms with E-state index in [9.17, 15) is 4.79 Å². The molecule has 0 radical (unpaired) electrons. The summed E-state index contributed by atoms with van der Waals surface area (Å²) in [4.78, 5) is 14.4. The van der Waals surface area contributed by atoms with E-state index in [4.69, 9.17) is 18.6 Å². The van der Waals surface area contributed by atoms with Gasteiger partial charge in [-0.1, -0.05) is 18.2 Å². The smallest absolute Gasteiger partial charge is 0.289 e. The van der Waals surface area contributed by atoms with Gasteiger partial charge in [0, 0.05) is 25.9 Å². The molecule has 0 atom stereocenters. The van der Waals surface area contributed by atoms with Crippen LogP contribution in [0.15, 0.2) is 46.9 Å². The van der Waals surface area contributed by atoms with Crippen LogP contribution in [0.4, 0.5) is 0 Å². The van der Waals surface area contributed by atoms with Gasteiger partial charge >= 0.3 is 0 Å². The molecule has 0 N–H and O–H groups in total. The fourth-order valence-electron chi connectivity index (χ4n) is 3.23. The third kappa shape index (κ3) is 3.55. The van der Waals surface area contributed by atoms with Gasteiger partial charge in [0.05, 0.1) is 13.2 Å². The number of hydrogen-bond donors (Lipinski definition) is 0. The molecule has 1 aromatic carbocycles. The van der Waals surface area contributed by atoms with Crippen molar-refractivity contribution >= 4 is 5.91 Å². The topological polar surface area (TPSA) is 61.1 Å². The summed E-state index contributed by atoms with van der Waals surface area (Å²) in [5.41, 5.74) is 0. The molecule has 2 saturated heterocycles. The summed E-state index contributed by atoms with van der Waals surface area (Å²) >= 11 is 0. The van der Waals surface area contributed by atoms with Crippen LogP contribution in [-0.2, 0) is 16.1 Å². The average Bonchev–Trinajstić information content (AvgIpc) is 3.31. The summed E-state index contributed by atoms with van der Waals surface area (Å²) < 4.78 is 22.7. The van der Waals surface area contributed by atoms with Crippen molar-refractivity contribution in [3.8, 4) is 5.75 Å². The van der Waals surface area contributed by atoms with Gasteiger partial charge in [-0.15, -0.1) is 0 Å². The Morgan fingerprint density at radius 3 is 2.48 bits per heavy atom. The Balaban J connectivity index is 1.33. The molecule has 2 aliphatic rings. The Hall–Kier alpha value is -2.31. The minimum atomic E-state index is -0.478. The minimum Gasteiger partial charge on any atom is -0.486 e. The molecule has 2 fully saturated rings. The first-order chi connectivity index (χ1) is 12.2. The molecule has 0 saturated carbocycles.